The van der Waals surface area contributed by atoms with Crippen LogP contribution in [0.4, 0.5) is 13.2 Å². The number of ketones is 1. The lowest BCUT2D eigenvalue weighted by Gasteiger charge is -2.35. The summed E-state index contributed by atoms with van der Waals surface area (Å²) in [5.41, 5.74) is 1.29. The molecule has 0 spiro atoms. The largest absolute Gasteiger partial charge is 0.450 e. The molecule has 0 N–H and O–H groups in total. The van der Waals surface area contributed by atoms with Crippen molar-refractivity contribution in [2.45, 2.75) is 44.2 Å². The molecule has 0 heterocycles. The SMILES string of the molecule is CC1(CC(=O)C(F)(F)F)CCCc2ccccc21. The van der Waals surface area contributed by atoms with Crippen LogP contribution in [0.15, 0.2) is 24.3 Å². The highest BCUT2D eigenvalue weighted by Gasteiger charge is 2.44. The van der Waals surface area contributed by atoms with Crippen molar-refractivity contribution in [2.75, 3.05) is 0 Å². The minimum absolute atomic E-state index is 0.451. The van der Waals surface area contributed by atoms with E-state index in [-0.39, 0.29) is 0 Å². The topological polar surface area (TPSA) is 17.1 Å². The lowest BCUT2D eigenvalue weighted by Crippen LogP contribution is -2.35. The number of benzene rings is 1. The molecule has 1 aliphatic carbocycles. The fourth-order valence-corrected chi connectivity index (χ4v) is 2.77. The van der Waals surface area contributed by atoms with E-state index < -0.39 is 23.8 Å². The normalized spacial score (nSPS) is 23.6. The zero-order chi connectivity index (χ0) is 13.4. The molecule has 1 aliphatic rings. The Balaban J connectivity index is 2.30. The molecule has 0 radical (unpaired) electrons. The highest BCUT2D eigenvalue weighted by molar-refractivity contribution is 5.85. The van der Waals surface area contributed by atoms with Crippen LogP contribution in [0, 0.1) is 0 Å². The summed E-state index contributed by atoms with van der Waals surface area (Å²) in [6, 6.07) is 7.49. The lowest BCUT2D eigenvalue weighted by molar-refractivity contribution is -0.172. The Hall–Kier alpha value is -1.32. The number of carbonyl (C=O) groups is 1. The first-order valence-corrected chi connectivity index (χ1v) is 6.01. The van der Waals surface area contributed by atoms with Crippen molar-refractivity contribution in [3.8, 4) is 0 Å². The Kier molecular flexibility index (Phi) is 3.21. The van der Waals surface area contributed by atoms with Gasteiger partial charge in [-0.1, -0.05) is 31.2 Å². The van der Waals surface area contributed by atoms with Crippen molar-refractivity contribution < 1.29 is 18.0 Å². The van der Waals surface area contributed by atoms with Gasteiger partial charge in [-0.3, -0.25) is 4.79 Å². The van der Waals surface area contributed by atoms with E-state index >= 15 is 0 Å². The molecule has 0 saturated carbocycles. The molecule has 0 bridgehead atoms. The number of aryl methyl sites for hydroxylation is 1. The zero-order valence-corrected chi connectivity index (χ0v) is 10.2. The molecule has 98 valence electrons. The number of rotatable bonds is 2. The third kappa shape index (κ3) is 2.42. The molecule has 0 saturated heterocycles. The summed E-state index contributed by atoms with van der Waals surface area (Å²) in [6.07, 6.45) is -2.83. The van der Waals surface area contributed by atoms with Gasteiger partial charge in [-0.2, -0.15) is 13.2 Å². The molecule has 1 aromatic rings. The molecule has 1 aromatic carbocycles. The van der Waals surface area contributed by atoms with Crippen molar-refractivity contribution in [3.63, 3.8) is 0 Å². The third-order valence-electron chi connectivity index (χ3n) is 3.71. The lowest BCUT2D eigenvalue weighted by atomic mass is 9.68. The van der Waals surface area contributed by atoms with Crippen LogP contribution >= 0.6 is 0 Å². The van der Waals surface area contributed by atoms with Gasteiger partial charge < -0.3 is 0 Å². The molecule has 0 amide bonds. The molecule has 0 fully saturated rings. The number of alkyl halides is 3. The molecule has 2 rings (SSSR count). The average molecular weight is 256 g/mol. The molecule has 4 heteroatoms. The summed E-state index contributed by atoms with van der Waals surface area (Å²) in [5, 5.41) is 0. The van der Waals surface area contributed by atoms with Gasteiger partial charge in [0.15, 0.2) is 0 Å². The average Bonchev–Trinajstić information content (AvgIpc) is 2.28. The van der Waals surface area contributed by atoms with Crippen molar-refractivity contribution >= 4 is 5.78 Å². The van der Waals surface area contributed by atoms with Crippen LogP contribution in [-0.4, -0.2) is 12.0 Å². The van der Waals surface area contributed by atoms with Crippen LogP contribution in [0.5, 0.6) is 0 Å². The van der Waals surface area contributed by atoms with Crippen LogP contribution in [-0.2, 0) is 16.6 Å². The Morgan fingerprint density at radius 2 is 2.00 bits per heavy atom. The molecule has 0 aromatic heterocycles. The number of hydrogen-bond donors (Lipinski definition) is 0. The van der Waals surface area contributed by atoms with Crippen molar-refractivity contribution in [2.24, 2.45) is 0 Å². The van der Waals surface area contributed by atoms with Gasteiger partial charge in [0.1, 0.15) is 0 Å². The number of fused-ring (bicyclic) bond motifs is 1. The first kappa shape index (κ1) is 13.1. The van der Waals surface area contributed by atoms with Crippen molar-refractivity contribution in [1.82, 2.24) is 0 Å². The second-order valence-corrected chi connectivity index (χ2v) is 5.17. The Labute approximate surface area is 104 Å². The van der Waals surface area contributed by atoms with Gasteiger partial charge in [-0.15, -0.1) is 0 Å². The highest BCUT2D eigenvalue weighted by Crippen LogP contribution is 2.41. The van der Waals surface area contributed by atoms with Gasteiger partial charge >= 0.3 is 6.18 Å². The number of carbonyl (C=O) groups excluding carboxylic acids is 1. The second-order valence-electron chi connectivity index (χ2n) is 5.17. The van der Waals surface area contributed by atoms with Gasteiger partial charge in [0, 0.05) is 11.8 Å². The minimum atomic E-state index is -4.73. The van der Waals surface area contributed by atoms with Gasteiger partial charge in [0.05, 0.1) is 0 Å². The molecular formula is C14H15F3O. The predicted octanol–water partition coefficient (Wildman–Crippen LogP) is 3.80. The summed E-state index contributed by atoms with van der Waals surface area (Å²) in [6.45, 7) is 1.76. The maximum Gasteiger partial charge on any atom is 0.450 e. The molecule has 18 heavy (non-hydrogen) atoms. The van der Waals surface area contributed by atoms with E-state index in [2.05, 4.69) is 0 Å². The van der Waals surface area contributed by atoms with Crippen molar-refractivity contribution in [3.05, 3.63) is 35.4 Å². The molecule has 1 atom stereocenters. The summed E-state index contributed by atoms with van der Waals surface area (Å²) < 4.78 is 37.2. The maximum absolute atomic E-state index is 12.4. The standard InChI is InChI=1S/C14H15F3O/c1-13(9-12(18)14(15,16)17)8-4-6-10-5-2-3-7-11(10)13/h2-3,5,7H,4,6,8-9H2,1H3. The summed E-state index contributed by atoms with van der Waals surface area (Å²) >= 11 is 0. The number of hydrogen-bond acceptors (Lipinski definition) is 1. The van der Waals surface area contributed by atoms with Crippen LogP contribution in [0.25, 0.3) is 0 Å². The first-order valence-electron chi connectivity index (χ1n) is 6.01. The third-order valence-corrected chi connectivity index (χ3v) is 3.71. The molecule has 1 unspecified atom stereocenters. The summed E-state index contributed by atoms with van der Waals surface area (Å²) in [7, 11) is 0. The second kappa shape index (κ2) is 4.41. The fourth-order valence-electron chi connectivity index (χ4n) is 2.77. The van der Waals surface area contributed by atoms with E-state index in [1.54, 1.807) is 6.92 Å². The van der Waals surface area contributed by atoms with E-state index in [9.17, 15) is 18.0 Å². The maximum atomic E-state index is 12.4. The van der Waals surface area contributed by atoms with E-state index in [1.165, 1.54) is 0 Å². The van der Waals surface area contributed by atoms with E-state index in [0.717, 1.165) is 24.0 Å². The molecular weight excluding hydrogens is 241 g/mol. The van der Waals surface area contributed by atoms with Gasteiger partial charge in [0.25, 0.3) is 0 Å². The van der Waals surface area contributed by atoms with Crippen LogP contribution in [0.1, 0.15) is 37.3 Å². The summed E-state index contributed by atoms with van der Waals surface area (Å²) in [4.78, 5) is 11.2. The quantitative estimate of drug-likeness (QED) is 0.786. The number of halogens is 3. The predicted molar refractivity (Wildman–Crippen MR) is 62.4 cm³/mol. The smallest absolute Gasteiger partial charge is 0.290 e. The van der Waals surface area contributed by atoms with E-state index in [0.29, 0.717) is 6.42 Å². The first-order chi connectivity index (χ1) is 8.33. The molecule has 0 aliphatic heterocycles. The van der Waals surface area contributed by atoms with Gasteiger partial charge in [-0.05, 0) is 30.4 Å². The van der Waals surface area contributed by atoms with Gasteiger partial charge in [0.2, 0.25) is 5.78 Å². The zero-order valence-electron chi connectivity index (χ0n) is 10.2. The Morgan fingerprint density at radius 3 is 2.67 bits per heavy atom. The fraction of sp³-hybridized carbons (Fsp3) is 0.500. The minimum Gasteiger partial charge on any atom is -0.290 e. The van der Waals surface area contributed by atoms with Crippen molar-refractivity contribution in [1.29, 1.82) is 0 Å². The Bertz CT molecular complexity index is 464. The summed E-state index contributed by atoms with van der Waals surface area (Å²) in [5.74, 6) is -1.62. The monoisotopic (exact) mass is 256 g/mol. The molecule has 1 nitrogen and oxygen atoms in total. The van der Waals surface area contributed by atoms with Crippen LogP contribution in [0.3, 0.4) is 0 Å². The Morgan fingerprint density at radius 1 is 1.33 bits per heavy atom. The van der Waals surface area contributed by atoms with Crippen LogP contribution < -0.4 is 0 Å². The highest BCUT2D eigenvalue weighted by atomic mass is 19.4. The van der Waals surface area contributed by atoms with Gasteiger partial charge in [-0.25, -0.2) is 0 Å². The van der Waals surface area contributed by atoms with E-state index in [1.807, 2.05) is 24.3 Å². The van der Waals surface area contributed by atoms with E-state index in [4.69, 9.17) is 0 Å². The number of Topliss-reactive ketones (excluding diaryl/α,β-unsaturated/α-hetero) is 1. The van der Waals surface area contributed by atoms with Crippen LogP contribution in [0.2, 0.25) is 0 Å².